The van der Waals surface area contributed by atoms with Crippen LogP contribution < -0.4 is 10.5 Å². The monoisotopic (exact) mass is 283 g/mol. The van der Waals surface area contributed by atoms with Gasteiger partial charge >= 0.3 is 0 Å². The molecule has 3 N–H and O–H groups in total. The highest BCUT2D eigenvalue weighted by Crippen LogP contribution is 2.14. The van der Waals surface area contributed by atoms with Gasteiger partial charge in [0.1, 0.15) is 9.92 Å². The van der Waals surface area contributed by atoms with E-state index in [1.807, 2.05) is 0 Å². The summed E-state index contributed by atoms with van der Waals surface area (Å²) in [7, 11) is -2.53. The highest BCUT2D eigenvalue weighted by molar-refractivity contribution is 7.91. The zero-order chi connectivity index (χ0) is 14.3. The van der Waals surface area contributed by atoms with E-state index in [9.17, 15) is 4.21 Å². The Morgan fingerprint density at radius 3 is 2.47 bits per heavy atom. The van der Waals surface area contributed by atoms with Crippen LogP contribution in [0.2, 0.25) is 0 Å². The molecule has 0 radical (unpaired) electrons. The first-order valence-corrected chi connectivity index (χ1v) is 8.32. The number of nitrogens with zero attached hydrogens (tertiary/aromatic N) is 1. The quantitative estimate of drug-likeness (QED) is 0.596. The zero-order valence-corrected chi connectivity index (χ0v) is 12.9. The molecule has 0 saturated carbocycles. The molecule has 0 fully saturated rings. The van der Waals surface area contributed by atoms with Gasteiger partial charge in [-0.2, -0.15) is 0 Å². The van der Waals surface area contributed by atoms with Crippen molar-refractivity contribution in [2.75, 3.05) is 18.8 Å². The summed E-state index contributed by atoms with van der Waals surface area (Å²) in [6, 6.07) is 7.11. The molecule has 0 heterocycles. The van der Waals surface area contributed by atoms with Crippen LogP contribution in [0.5, 0.6) is 0 Å². The van der Waals surface area contributed by atoms with Crippen LogP contribution in [0.1, 0.15) is 33.6 Å². The second-order valence-electron chi connectivity index (χ2n) is 5.05. The Labute approximate surface area is 117 Å². The topological polar surface area (TPSA) is 67.5 Å². The molecule has 0 spiro atoms. The van der Waals surface area contributed by atoms with E-state index in [0.29, 0.717) is 29.6 Å². The van der Waals surface area contributed by atoms with Gasteiger partial charge < -0.3 is 5.73 Å². The van der Waals surface area contributed by atoms with Crippen molar-refractivity contribution >= 4 is 15.6 Å². The third kappa shape index (κ3) is 5.20. The van der Waals surface area contributed by atoms with Crippen LogP contribution in [-0.4, -0.2) is 17.3 Å². The summed E-state index contributed by atoms with van der Waals surface area (Å²) in [5.41, 5.74) is 6.34. The average Bonchev–Trinajstić information content (AvgIpc) is 2.37. The normalized spacial score (nSPS) is 14.3. The maximum Gasteiger partial charge on any atom is 0.137 e. The number of unbranched alkanes of at least 4 members (excludes halogenated alkanes) is 1. The highest BCUT2D eigenvalue weighted by Gasteiger charge is 2.11. The van der Waals surface area contributed by atoms with Crippen molar-refractivity contribution in [2.45, 2.75) is 38.5 Å². The standard InChI is InChI=1S/C14H25N3OS/c1-4-5-10-16-19(18,17-11-12(2)3)14-8-6-13(15)7-9-14/h6-9,12H,4-5,10-11,15H2,1-3H3,(H,16,17,18). The number of hydrogen-bond donors (Lipinski definition) is 2. The predicted octanol–water partition coefficient (Wildman–Crippen LogP) is 3.06. The van der Waals surface area contributed by atoms with Gasteiger partial charge in [0.25, 0.3) is 0 Å². The van der Waals surface area contributed by atoms with Crippen molar-refractivity contribution in [2.24, 2.45) is 10.3 Å². The molecule has 108 valence electrons. The average molecular weight is 283 g/mol. The maximum absolute atomic E-state index is 13.0. The maximum atomic E-state index is 13.0. The van der Waals surface area contributed by atoms with Crippen LogP contribution in [-0.2, 0) is 9.92 Å². The lowest BCUT2D eigenvalue weighted by Crippen LogP contribution is -2.25. The summed E-state index contributed by atoms with van der Waals surface area (Å²) in [6.45, 7) is 7.54. The molecule has 1 atom stereocenters. The molecular weight excluding hydrogens is 258 g/mol. The number of nitrogens with two attached hydrogens (primary N) is 1. The van der Waals surface area contributed by atoms with E-state index in [2.05, 4.69) is 29.9 Å². The molecule has 1 aromatic carbocycles. The molecule has 0 aliphatic carbocycles. The Bertz CT molecular complexity index is 488. The van der Waals surface area contributed by atoms with Gasteiger partial charge in [0, 0.05) is 12.2 Å². The smallest absolute Gasteiger partial charge is 0.137 e. The predicted molar refractivity (Wildman–Crippen MR) is 82.3 cm³/mol. The van der Waals surface area contributed by atoms with Crippen LogP contribution >= 0.6 is 0 Å². The molecule has 0 aliphatic rings. The van der Waals surface area contributed by atoms with E-state index in [1.54, 1.807) is 24.3 Å². The third-order valence-electron chi connectivity index (χ3n) is 2.65. The van der Waals surface area contributed by atoms with Gasteiger partial charge in [0.2, 0.25) is 0 Å². The molecule has 4 nitrogen and oxygen atoms in total. The third-order valence-corrected chi connectivity index (χ3v) is 4.67. The van der Waals surface area contributed by atoms with E-state index < -0.39 is 9.92 Å². The van der Waals surface area contributed by atoms with Crippen LogP contribution in [0.25, 0.3) is 0 Å². The van der Waals surface area contributed by atoms with Gasteiger partial charge in [-0.1, -0.05) is 27.2 Å². The molecule has 5 heteroatoms. The van der Waals surface area contributed by atoms with Crippen molar-refractivity contribution in [3.05, 3.63) is 24.3 Å². The second kappa shape index (κ2) is 7.50. The van der Waals surface area contributed by atoms with Crippen LogP contribution in [0.4, 0.5) is 5.69 Å². The Balaban J connectivity index is 3.00. The summed E-state index contributed by atoms with van der Waals surface area (Å²) < 4.78 is 20.5. The van der Waals surface area contributed by atoms with E-state index in [4.69, 9.17) is 5.73 Å². The molecule has 0 bridgehead atoms. The molecular formula is C14H25N3OS. The van der Waals surface area contributed by atoms with Crippen LogP contribution in [0, 0.1) is 5.92 Å². The molecule has 1 aromatic rings. The fourth-order valence-electron chi connectivity index (χ4n) is 1.50. The van der Waals surface area contributed by atoms with Crippen molar-refractivity contribution in [1.29, 1.82) is 0 Å². The van der Waals surface area contributed by atoms with Gasteiger partial charge in [0.15, 0.2) is 0 Å². The van der Waals surface area contributed by atoms with Gasteiger partial charge in [-0.15, -0.1) is 0 Å². The fourth-order valence-corrected chi connectivity index (χ4v) is 3.34. The number of rotatable bonds is 7. The second-order valence-corrected chi connectivity index (χ2v) is 7.12. The fraction of sp³-hybridized carbons (Fsp3) is 0.571. The van der Waals surface area contributed by atoms with Crippen LogP contribution in [0.3, 0.4) is 0 Å². The lowest BCUT2D eigenvalue weighted by atomic mass is 10.2. The Kier molecular flexibility index (Phi) is 6.31. The van der Waals surface area contributed by atoms with Crippen molar-refractivity contribution in [3.63, 3.8) is 0 Å². The summed E-state index contributed by atoms with van der Waals surface area (Å²) in [5, 5.41) is 0. The summed E-state index contributed by atoms with van der Waals surface area (Å²) >= 11 is 0. The molecule has 0 aromatic heterocycles. The van der Waals surface area contributed by atoms with Crippen molar-refractivity contribution < 1.29 is 4.21 Å². The SMILES string of the molecule is CCCCNS(=O)(=NCC(C)C)c1ccc(N)cc1. The lowest BCUT2D eigenvalue weighted by molar-refractivity contribution is 0.636. The van der Waals surface area contributed by atoms with E-state index in [1.165, 1.54) is 0 Å². The summed E-state index contributed by atoms with van der Waals surface area (Å²) in [5.74, 6) is 0.391. The van der Waals surface area contributed by atoms with E-state index >= 15 is 0 Å². The van der Waals surface area contributed by atoms with Gasteiger partial charge in [0.05, 0.1) is 11.4 Å². The Hall–Kier alpha value is -1.07. The van der Waals surface area contributed by atoms with E-state index in [0.717, 1.165) is 12.8 Å². The molecule has 0 amide bonds. The van der Waals surface area contributed by atoms with Crippen molar-refractivity contribution in [1.82, 2.24) is 4.72 Å². The minimum atomic E-state index is -2.53. The summed E-state index contributed by atoms with van der Waals surface area (Å²) in [6.07, 6.45) is 2.05. The van der Waals surface area contributed by atoms with Gasteiger partial charge in [-0.05, 0) is 36.6 Å². The largest absolute Gasteiger partial charge is 0.399 e. The number of hydrogen-bond acceptors (Lipinski definition) is 3. The van der Waals surface area contributed by atoms with Gasteiger partial charge in [-0.3, -0.25) is 0 Å². The van der Waals surface area contributed by atoms with Crippen LogP contribution in [0.15, 0.2) is 33.5 Å². The zero-order valence-electron chi connectivity index (χ0n) is 12.1. The summed E-state index contributed by atoms with van der Waals surface area (Å²) in [4.78, 5) is 0.707. The number of nitrogens with one attached hydrogen (secondary N) is 1. The van der Waals surface area contributed by atoms with E-state index in [-0.39, 0.29) is 0 Å². The molecule has 0 saturated heterocycles. The Morgan fingerprint density at radius 2 is 1.95 bits per heavy atom. The minimum Gasteiger partial charge on any atom is -0.399 e. The lowest BCUT2D eigenvalue weighted by Gasteiger charge is -2.13. The molecule has 19 heavy (non-hydrogen) atoms. The first kappa shape index (κ1) is 16.0. The molecule has 1 unspecified atom stereocenters. The highest BCUT2D eigenvalue weighted by atomic mass is 32.2. The Morgan fingerprint density at radius 1 is 1.32 bits per heavy atom. The molecule has 1 rings (SSSR count). The first-order valence-electron chi connectivity index (χ1n) is 6.81. The first-order chi connectivity index (χ1) is 8.98. The number of anilines is 1. The minimum absolute atomic E-state index is 0.391. The number of benzene rings is 1. The molecule has 0 aliphatic heterocycles. The van der Waals surface area contributed by atoms with Gasteiger partial charge in [-0.25, -0.2) is 13.3 Å². The van der Waals surface area contributed by atoms with Crippen molar-refractivity contribution in [3.8, 4) is 0 Å². The number of nitrogen functional groups attached to an aromatic ring is 1.